The van der Waals surface area contributed by atoms with Gasteiger partial charge >= 0.3 is 6.03 Å². The van der Waals surface area contributed by atoms with Crippen molar-refractivity contribution >= 4 is 45.1 Å². The van der Waals surface area contributed by atoms with Gasteiger partial charge in [-0.25, -0.2) is 32.3 Å². The number of piperidine rings is 1. The van der Waals surface area contributed by atoms with E-state index >= 15 is 4.39 Å². The summed E-state index contributed by atoms with van der Waals surface area (Å²) in [5, 5.41) is 5.30. The molecule has 2 aromatic rings. The lowest BCUT2D eigenvalue weighted by atomic mass is 9.94. The summed E-state index contributed by atoms with van der Waals surface area (Å²) in [6, 6.07) is 3.15. The highest BCUT2D eigenvalue weighted by Gasteiger charge is 2.46. The van der Waals surface area contributed by atoms with Crippen molar-refractivity contribution in [2.45, 2.75) is 37.1 Å². The highest BCUT2D eigenvalue weighted by molar-refractivity contribution is 7.88. The van der Waals surface area contributed by atoms with Gasteiger partial charge in [-0.3, -0.25) is 10.1 Å². The van der Waals surface area contributed by atoms with Gasteiger partial charge in [0.15, 0.2) is 5.82 Å². The van der Waals surface area contributed by atoms with Gasteiger partial charge < -0.3 is 10.2 Å². The molecule has 34 heavy (non-hydrogen) atoms. The summed E-state index contributed by atoms with van der Waals surface area (Å²) < 4.78 is 40.4. The van der Waals surface area contributed by atoms with E-state index in [4.69, 9.17) is 11.6 Å². The van der Waals surface area contributed by atoms with E-state index in [9.17, 15) is 18.0 Å². The summed E-state index contributed by atoms with van der Waals surface area (Å²) in [5.41, 5.74) is 0.244. The molecule has 2 fully saturated rings. The first-order chi connectivity index (χ1) is 16.1. The van der Waals surface area contributed by atoms with Crippen molar-refractivity contribution < 1.29 is 22.4 Å². The van der Waals surface area contributed by atoms with Crippen LogP contribution < -0.4 is 20.3 Å². The van der Waals surface area contributed by atoms with E-state index in [0.717, 1.165) is 6.26 Å². The van der Waals surface area contributed by atoms with Crippen LogP contribution in [-0.4, -0.2) is 55.7 Å². The van der Waals surface area contributed by atoms with Gasteiger partial charge in [0.05, 0.1) is 18.6 Å². The molecule has 1 aliphatic heterocycles. The summed E-state index contributed by atoms with van der Waals surface area (Å²) in [7, 11) is -3.39. The van der Waals surface area contributed by atoms with Crippen molar-refractivity contribution in [2.24, 2.45) is 0 Å². The van der Waals surface area contributed by atoms with E-state index in [1.54, 1.807) is 12.1 Å². The fourth-order valence-electron chi connectivity index (χ4n) is 4.02. The molecule has 1 saturated heterocycles. The number of benzene rings is 1. The van der Waals surface area contributed by atoms with Crippen LogP contribution in [0.25, 0.3) is 0 Å². The number of hydrogen-bond donors (Lipinski definition) is 3. The van der Waals surface area contributed by atoms with Crippen molar-refractivity contribution in [3.63, 3.8) is 0 Å². The summed E-state index contributed by atoms with van der Waals surface area (Å²) in [5.74, 6) is -0.665. The third-order valence-corrected chi connectivity index (χ3v) is 6.83. The number of nitrogens with zero attached hydrogens (tertiary/aromatic N) is 3. The number of urea groups is 1. The third-order valence-electron chi connectivity index (χ3n) is 5.97. The quantitative estimate of drug-likeness (QED) is 0.522. The van der Waals surface area contributed by atoms with Crippen LogP contribution in [-0.2, 0) is 20.2 Å². The van der Waals surface area contributed by atoms with E-state index < -0.39 is 33.3 Å². The SMILES string of the molecule is CS(=O)(=O)NCC1(c2ccc(N3CCC[C@@H](NC(=O)Nc4cnc(Cl)cn4)C3=O)cc2F)CC1. The molecule has 2 heterocycles. The number of rotatable bonds is 7. The van der Waals surface area contributed by atoms with Crippen molar-refractivity contribution in [2.75, 3.05) is 29.6 Å². The molecule has 0 spiro atoms. The van der Waals surface area contributed by atoms with E-state index in [2.05, 4.69) is 25.3 Å². The Morgan fingerprint density at radius 3 is 2.68 bits per heavy atom. The van der Waals surface area contributed by atoms with Crippen molar-refractivity contribution in [3.8, 4) is 0 Å². The first-order valence-electron chi connectivity index (χ1n) is 10.7. The zero-order valence-corrected chi connectivity index (χ0v) is 19.9. The molecule has 3 amide bonds. The van der Waals surface area contributed by atoms with E-state index in [1.807, 2.05) is 0 Å². The molecule has 2 aliphatic rings. The zero-order chi connectivity index (χ0) is 24.5. The molecule has 0 unspecified atom stereocenters. The molecule has 4 rings (SSSR count). The molecular weight excluding hydrogens is 487 g/mol. The van der Waals surface area contributed by atoms with E-state index in [1.165, 1.54) is 23.4 Å². The molecule has 182 valence electrons. The van der Waals surface area contributed by atoms with Crippen LogP contribution in [0.15, 0.2) is 30.6 Å². The Balaban J connectivity index is 1.43. The second-order valence-electron chi connectivity index (χ2n) is 8.55. The summed E-state index contributed by atoms with van der Waals surface area (Å²) >= 11 is 5.67. The number of amides is 3. The summed E-state index contributed by atoms with van der Waals surface area (Å²) in [4.78, 5) is 34.5. The molecule has 0 radical (unpaired) electrons. The van der Waals surface area contributed by atoms with Gasteiger partial charge in [0.1, 0.15) is 17.0 Å². The molecule has 3 N–H and O–H groups in total. The number of aromatic nitrogens is 2. The lowest BCUT2D eigenvalue weighted by Gasteiger charge is -2.33. The van der Waals surface area contributed by atoms with Gasteiger partial charge in [-0.2, -0.15) is 0 Å². The van der Waals surface area contributed by atoms with Crippen LogP contribution in [0.2, 0.25) is 5.15 Å². The van der Waals surface area contributed by atoms with Crippen molar-refractivity contribution in [1.82, 2.24) is 20.0 Å². The molecule has 1 atom stereocenters. The normalized spacial score (nSPS) is 19.6. The highest BCUT2D eigenvalue weighted by Crippen LogP contribution is 2.49. The minimum atomic E-state index is -3.39. The number of hydrogen-bond acceptors (Lipinski definition) is 6. The second-order valence-corrected chi connectivity index (χ2v) is 10.8. The topological polar surface area (TPSA) is 133 Å². The van der Waals surface area contributed by atoms with Crippen LogP contribution in [0.3, 0.4) is 0 Å². The maximum atomic E-state index is 15.0. The maximum Gasteiger partial charge on any atom is 0.321 e. The fourth-order valence-corrected chi connectivity index (χ4v) is 4.65. The molecule has 13 heteroatoms. The number of nitrogens with one attached hydrogen (secondary N) is 3. The predicted molar refractivity (Wildman–Crippen MR) is 125 cm³/mol. The number of carbonyl (C=O) groups is 2. The summed E-state index contributed by atoms with van der Waals surface area (Å²) in [6.07, 6.45) is 6.04. The Kier molecular flexibility index (Phi) is 6.74. The van der Waals surface area contributed by atoms with E-state index in [-0.39, 0.29) is 23.4 Å². The third kappa shape index (κ3) is 5.62. The average molecular weight is 511 g/mol. The second kappa shape index (κ2) is 9.43. The Labute approximate surface area is 201 Å². The van der Waals surface area contributed by atoms with Crippen LogP contribution >= 0.6 is 11.6 Å². The standard InChI is InChI=1S/C21H24ClFN6O4S/c1-34(32,33)26-12-21(6-7-21)14-5-4-13(9-15(14)23)29-8-2-3-16(19(29)30)27-20(31)28-18-11-24-17(22)10-25-18/h4-5,9-11,16,26H,2-3,6-8,12H2,1H3,(H2,25,27,28,31)/t16-/m1/s1. The smallest absolute Gasteiger partial charge is 0.321 e. The van der Waals surface area contributed by atoms with Gasteiger partial charge in [-0.15, -0.1) is 0 Å². The fraction of sp³-hybridized carbons (Fsp3) is 0.429. The maximum absolute atomic E-state index is 15.0. The van der Waals surface area contributed by atoms with E-state index in [0.29, 0.717) is 43.5 Å². The lowest BCUT2D eigenvalue weighted by molar-refractivity contribution is -0.121. The van der Waals surface area contributed by atoms with Gasteiger partial charge in [0.25, 0.3) is 0 Å². The Morgan fingerprint density at radius 1 is 1.29 bits per heavy atom. The van der Waals surface area contributed by atoms with Crippen LogP contribution in [0, 0.1) is 5.82 Å². The zero-order valence-electron chi connectivity index (χ0n) is 18.3. The molecule has 10 nitrogen and oxygen atoms in total. The minimum Gasteiger partial charge on any atom is -0.326 e. The Morgan fingerprint density at radius 2 is 2.06 bits per heavy atom. The van der Waals surface area contributed by atoms with Crippen LogP contribution in [0.4, 0.5) is 20.7 Å². The first-order valence-corrected chi connectivity index (χ1v) is 12.9. The van der Waals surface area contributed by atoms with Gasteiger partial charge in [0, 0.05) is 24.2 Å². The molecule has 1 aliphatic carbocycles. The van der Waals surface area contributed by atoms with Gasteiger partial charge in [0.2, 0.25) is 15.9 Å². The molecule has 1 aromatic carbocycles. The van der Waals surface area contributed by atoms with Crippen molar-refractivity contribution in [3.05, 3.63) is 47.1 Å². The van der Waals surface area contributed by atoms with Crippen LogP contribution in [0.1, 0.15) is 31.2 Å². The molecule has 0 bridgehead atoms. The predicted octanol–water partition coefficient (Wildman–Crippen LogP) is 2.17. The monoisotopic (exact) mass is 510 g/mol. The highest BCUT2D eigenvalue weighted by atomic mass is 35.5. The number of anilines is 2. The minimum absolute atomic E-state index is 0.129. The largest absolute Gasteiger partial charge is 0.326 e. The van der Waals surface area contributed by atoms with Gasteiger partial charge in [-0.1, -0.05) is 17.7 Å². The van der Waals surface area contributed by atoms with Gasteiger partial charge in [-0.05, 0) is 43.4 Å². The lowest BCUT2D eigenvalue weighted by Crippen LogP contribution is -2.53. The van der Waals surface area contributed by atoms with Crippen molar-refractivity contribution in [1.29, 1.82) is 0 Å². The summed E-state index contributed by atoms with van der Waals surface area (Å²) in [6.45, 7) is 0.519. The van der Waals surface area contributed by atoms with Crippen LogP contribution in [0.5, 0.6) is 0 Å². The molecule has 1 aromatic heterocycles. The Hall–Kier alpha value is -2.83. The number of halogens is 2. The Bertz CT molecular complexity index is 1210. The number of carbonyl (C=O) groups excluding carboxylic acids is 2. The average Bonchev–Trinajstić information content (AvgIpc) is 3.56. The number of sulfonamides is 1. The molecule has 1 saturated carbocycles. The molecular formula is C21H24ClFN6O4S. The first kappa shape index (κ1) is 24.3.